The third kappa shape index (κ3) is 5.82. The van der Waals surface area contributed by atoms with Gasteiger partial charge in [0.05, 0.1) is 18.4 Å². The Morgan fingerprint density at radius 1 is 1.26 bits per heavy atom. The summed E-state index contributed by atoms with van der Waals surface area (Å²) in [5.41, 5.74) is 1.25. The number of aryl methyl sites for hydroxylation is 1. The van der Waals surface area contributed by atoms with E-state index in [2.05, 4.69) is 11.7 Å². The van der Waals surface area contributed by atoms with Crippen molar-refractivity contribution in [3.8, 4) is 0 Å². The minimum atomic E-state index is -1.69. The Labute approximate surface area is 135 Å². The first-order chi connectivity index (χ1) is 11.1. The summed E-state index contributed by atoms with van der Waals surface area (Å²) < 4.78 is 42.9. The molecule has 0 atom stereocenters. The highest BCUT2D eigenvalue weighted by atomic mass is 19.3. The molecule has 0 N–H and O–H groups in total. The van der Waals surface area contributed by atoms with Crippen molar-refractivity contribution in [3.05, 3.63) is 41.7 Å². The van der Waals surface area contributed by atoms with Crippen molar-refractivity contribution in [2.45, 2.75) is 44.6 Å². The molecule has 0 radical (unpaired) electrons. The van der Waals surface area contributed by atoms with Gasteiger partial charge in [0.2, 0.25) is 0 Å². The van der Waals surface area contributed by atoms with E-state index in [1.165, 1.54) is 6.07 Å². The third-order valence-electron chi connectivity index (χ3n) is 4.39. The molecule has 1 aliphatic rings. The van der Waals surface area contributed by atoms with Crippen LogP contribution in [0.1, 0.15) is 37.7 Å². The van der Waals surface area contributed by atoms with Gasteiger partial charge in [-0.1, -0.05) is 6.07 Å². The first kappa shape index (κ1) is 17.7. The maximum Gasteiger partial charge on any atom is 0.268 e. The first-order valence-corrected chi connectivity index (χ1v) is 7.96. The summed E-state index contributed by atoms with van der Waals surface area (Å²) in [5, 5.41) is 0. The average Bonchev–Trinajstić information content (AvgIpc) is 2.54. The quantitative estimate of drug-likeness (QED) is 0.611. The summed E-state index contributed by atoms with van der Waals surface area (Å²) in [6.07, 6.45) is 4.90. The highest BCUT2D eigenvalue weighted by Crippen LogP contribution is 2.30. The second kappa shape index (κ2) is 8.87. The van der Waals surface area contributed by atoms with E-state index in [1.807, 2.05) is 6.07 Å². The minimum Gasteiger partial charge on any atom is -0.374 e. The highest BCUT2D eigenvalue weighted by molar-refractivity contribution is 5.47. The van der Waals surface area contributed by atoms with Gasteiger partial charge in [0.1, 0.15) is 5.82 Å². The van der Waals surface area contributed by atoms with Crippen LogP contribution in [0.5, 0.6) is 0 Å². The van der Waals surface area contributed by atoms with Crippen LogP contribution in [0.4, 0.5) is 18.9 Å². The van der Waals surface area contributed by atoms with Gasteiger partial charge in [0.25, 0.3) is 6.08 Å². The van der Waals surface area contributed by atoms with Crippen molar-refractivity contribution in [2.75, 3.05) is 6.61 Å². The summed E-state index contributed by atoms with van der Waals surface area (Å²) in [5.74, 6) is 0.256. The standard InChI is InChI=1S/C18H22F3NO/c1-22-17-9-6-14(12-16(17)19)3-2-13-4-7-15(8-5-13)23-11-10-18(20)21/h6,9-10,12-13,15H,1-5,7-8,11H2. The van der Waals surface area contributed by atoms with E-state index in [0.29, 0.717) is 5.92 Å². The summed E-state index contributed by atoms with van der Waals surface area (Å²) >= 11 is 0. The van der Waals surface area contributed by atoms with Gasteiger partial charge in [-0.05, 0) is 68.9 Å². The second-order valence-corrected chi connectivity index (χ2v) is 5.95. The molecule has 2 nitrogen and oxygen atoms in total. The number of benzene rings is 1. The van der Waals surface area contributed by atoms with E-state index in [-0.39, 0.29) is 24.2 Å². The van der Waals surface area contributed by atoms with E-state index >= 15 is 0 Å². The Balaban J connectivity index is 1.71. The van der Waals surface area contributed by atoms with Crippen molar-refractivity contribution in [1.29, 1.82) is 0 Å². The van der Waals surface area contributed by atoms with Gasteiger partial charge >= 0.3 is 0 Å². The zero-order valence-corrected chi connectivity index (χ0v) is 13.1. The van der Waals surface area contributed by atoms with Crippen LogP contribution >= 0.6 is 0 Å². The molecule has 0 aliphatic heterocycles. The smallest absolute Gasteiger partial charge is 0.268 e. The summed E-state index contributed by atoms with van der Waals surface area (Å²) in [6.45, 7) is 3.32. The molecule has 1 fully saturated rings. The molecule has 5 heteroatoms. The lowest BCUT2D eigenvalue weighted by Gasteiger charge is -2.28. The molecule has 0 saturated heterocycles. The summed E-state index contributed by atoms with van der Waals surface area (Å²) in [6, 6.07) is 5.07. The number of halogens is 3. The molecule has 1 aromatic carbocycles. The number of nitrogens with zero attached hydrogens (tertiary/aromatic N) is 1. The molecule has 126 valence electrons. The number of rotatable bonds is 7. The van der Waals surface area contributed by atoms with Crippen LogP contribution in [0.25, 0.3) is 0 Å². The summed E-state index contributed by atoms with van der Waals surface area (Å²) in [7, 11) is 0. The number of hydrogen-bond acceptors (Lipinski definition) is 2. The Morgan fingerprint density at radius 3 is 2.61 bits per heavy atom. The fraction of sp³-hybridized carbons (Fsp3) is 0.500. The van der Waals surface area contributed by atoms with Gasteiger partial charge in [-0.3, -0.25) is 4.99 Å². The van der Waals surface area contributed by atoms with Gasteiger partial charge in [0, 0.05) is 6.08 Å². The maximum atomic E-state index is 13.6. The average molecular weight is 325 g/mol. The lowest BCUT2D eigenvalue weighted by atomic mass is 9.84. The van der Waals surface area contributed by atoms with Gasteiger partial charge in [-0.2, -0.15) is 8.78 Å². The van der Waals surface area contributed by atoms with Crippen LogP contribution in [0.15, 0.2) is 35.3 Å². The third-order valence-corrected chi connectivity index (χ3v) is 4.39. The van der Waals surface area contributed by atoms with Crippen LogP contribution in [0.2, 0.25) is 0 Å². The molecule has 2 rings (SSSR count). The van der Waals surface area contributed by atoms with Crippen LogP contribution < -0.4 is 0 Å². The number of ether oxygens (including phenoxy) is 1. The molecular weight excluding hydrogens is 303 g/mol. The van der Waals surface area contributed by atoms with E-state index < -0.39 is 6.08 Å². The van der Waals surface area contributed by atoms with Gasteiger partial charge in [-0.25, -0.2) is 4.39 Å². The van der Waals surface area contributed by atoms with Crippen LogP contribution in [0.3, 0.4) is 0 Å². The topological polar surface area (TPSA) is 21.6 Å². The van der Waals surface area contributed by atoms with E-state index in [1.54, 1.807) is 6.07 Å². The largest absolute Gasteiger partial charge is 0.374 e. The zero-order valence-electron chi connectivity index (χ0n) is 13.1. The Bertz CT molecular complexity index is 547. The number of aliphatic imine (C=N–C) groups is 1. The van der Waals surface area contributed by atoms with Crippen LogP contribution in [-0.4, -0.2) is 19.4 Å². The van der Waals surface area contributed by atoms with Crippen LogP contribution in [-0.2, 0) is 11.2 Å². The highest BCUT2D eigenvalue weighted by Gasteiger charge is 2.21. The normalized spacial score (nSPS) is 21.0. The fourth-order valence-electron chi connectivity index (χ4n) is 3.04. The van der Waals surface area contributed by atoms with Gasteiger partial charge < -0.3 is 4.74 Å². The predicted octanol–water partition coefficient (Wildman–Crippen LogP) is 5.45. The molecular formula is C18H22F3NO. The molecule has 0 amide bonds. The second-order valence-electron chi connectivity index (χ2n) is 5.95. The lowest BCUT2D eigenvalue weighted by Crippen LogP contribution is -2.22. The molecule has 0 unspecified atom stereocenters. The van der Waals surface area contributed by atoms with Crippen molar-refractivity contribution in [2.24, 2.45) is 10.9 Å². The molecule has 0 bridgehead atoms. The number of hydrogen-bond donors (Lipinski definition) is 0. The lowest BCUT2D eigenvalue weighted by molar-refractivity contribution is 0.0325. The molecule has 0 spiro atoms. The Morgan fingerprint density at radius 2 is 2.00 bits per heavy atom. The first-order valence-electron chi connectivity index (χ1n) is 7.96. The van der Waals surface area contributed by atoms with Crippen molar-refractivity contribution < 1.29 is 17.9 Å². The van der Waals surface area contributed by atoms with Crippen molar-refractivity contribution in [3.63, 3.8) is 0 Å². The SMILES string of the molecule is C=Nc1ccc(CCC2CCC(OCC=C(F)F)CC2)cc1F. The maximum absolute atomic E-state index is 13.6. The van der Waals surface area contributed by atoms with Gasteiger partial charge in [-0.15, -0.1) is 0 Å². The molecule has 1 aliphatic carbocycles. The predicted molar refractivity (Wildman–Crippen MR) is 85.9 cm³/mol. The zero-order chi connectivity index (χ0) is 16.7. The molecule has 23 heavy (non-hydrogen) atoms. The van der Waals surface area contributed by atoms with Crippen molar-refractivity contribution >= 4 is 12.4 Å². The van der Waals surface area contributed by atoms with E-state index in [0.717, 1.165) is 50.2 Å². The fourth-order valence-corrected chi connectivity index (χ4v) is 3.04. The molecule has 1 aromatic rings. The van der Waals surface area contributed by atoms with Gasteiger partial charge in [0.15, 0.2) is 0 Å². The molecule has 0 aromatic heterocycles. The van der Waals surface area contributed by atoms with E-state index in [4.69, 9.17) is 4.74 Å². The monoisotopic (exact) mass is 325 g/mol. The van der Waals surface area contributed by atoms with Crippen molar-refractivity contribution in [1.82, 2.24) is 0 Å². The minimum absolute atomic E-state index is 0.0133. The molecule has 1 saturated carbocycles. The van der Waals surface area contributed by atoms with Crippen LogP contribution in [0, 0.1) is 11.7 Å². The Kier molecular flexibility index (Phi) is 6.84. The Hall–Kier alpha value is -1.62. The molecule has 0 heterocycles. The summed E-state index contributed by atoms with van der Waals surface area (Å²) in [4.78, 5) is 3.61. The van der Waals surface area contributed by atoms with E-state index in [9.17, 15) is 13.2 Å².